The number of benzene rings is 2. The van der Waals surface area contributed by atoms with Crippen LogP contribution in [0.4, 0.5) is 5.69 Å². The molecule has 0 bridgehead atoms. The number of nitrogens with one attached hydrogen (secondary N) is 1. The topological polar surface area (TPSA) is 58.6 Å². The molecule has 136 valence electrons. The van der Waals surface area contributed by atoms with Gasteiger partial charge in [-0.1, -0.05) is 29.8 Å². The van der Waals surface area contributed by atoms with Crippen molar-refractivity contribution in [2.45, 2.75) is 26.7 Å². The molecule has 0 unspecified atom stereocenters. The Balaban J connectivity index is 1.65. The SMILES string of the molecule is Cc1ccc(OCC(=O)Nc2ccccc2C(=O)N2CCCC2)c(C)c1. The zero-order chi connectivity index (χ0) is 18.5. The standard InChI is InChI=1S/C21H24N2O3/c1-15-9-10-19(16(2)13-15)26-14-20(24)22-18-8-4-3-7-17(18)21(25)23-11-5-6-12-23/h3-4,7-10,13H,5-6,11-12,14H2,1-2H3,(H,22,24). The highest BCUT2D eigenvalue weighted by molar-refractivity contribution is 6.04. The van der Waals surface area contributed by atoms with Gasteiger partial charge in [-0.05, 0) is 50.5 Å². The van der Waals surface area contributed by atoms with E-state index in [9.17, 15) is 9.59 Å². The van der Waals surface area contributed by atoms with Gasteiger partial charge in [-0.3, -0.25) is 9.59 Å². The number of ether oxygens (including phenoxy) is 1. The van der Waals surface area contributed by atoms with Crippen molar-refractivity contribution in [2.75, 3.05) is 25.0 Å². The van der Waals surface area contributed by atoms with E-state index in [4.69, 9.17) is 4.74 Å². The molecule has 1 aliphatic rings. The molecule has 2 aromatic carbocycles. The maximum absolute atomic E-state index is 12.6. The number of anilines is 1. The first-order valence-electron chi connectivity index (χ1n) is 8.93. The van der Waals surface area contributed by atoms with Crippen molar-refractivity contribution in [1.82, 2.24) is 4.90 Å². The Kier molecular flexibility index (Phi) is 5.56. The highest BCUT2D eigenvalue weighted by Gasteiger charge is 2.22. The molecule has 5 heteroatoms. The first-order chi connectivity index (χ1) is 12.5. The third-order valence-electron chi connectivity index (χ3n) is 4.51. The van der Waals surface area contributed by atoms with Crippen LogP contribution in [0.3, 0.4) is 0 Å². The highest BCUT2D eigenvalue weighted by Crippen LogP contribution is 2.21. The van der Waals surface area contributed by atoms with Crippen molar-refractivity contribution in [3.63, 3.8) is 0 Å². The molecule has 0 aromatic heterocycles. The number of para-hydroxylation sites is 1. The van der Waals surface area contributed by atoms with Crippen LogP contribution in [-0.2, 0) is 4.79 Å². The maximum Gasteiger partial charge on any atom is 0.262 e. The van der Waals surface area contributed by atoms with Gasteiger partial charge in [0.05, 0.1) is 11.3 Å². The number of likely N-dealkylation sites (tertiary alicyclic amines) is 1. The van der Waals surface area contributed by atoms with E-state index in [1.54, 1.807) is 18.2 Å². The number of nitrogens with zero attached hydrogens (tertiary/aromatic N) is 1. The number of amides is 2. The zero-order valence-corrected chi connectivity index (χ0v) is 15.2. The Morgan fingerprint density at radius 2 is 1.81 bits per heavy atom. The second kappa shape index (κ2) is 8.04. The summed E-state index contributed by atoms with van der Waals surface area (Å²) >= 11 is 0. The molecular formula is C21H24N2O3. The van der Waals surface area contributed by atoms with Gasteiger partial charge in [-0.25, -0.2) is 0 Å². The van der Waals surface area contributed by atoms with Crippen LogP contribution in [0.2, 0.25) is 0 Å². The second-order valence-corrected chi connectivity index (χ2v) is 6.65. The Hall–Kier alpha value is -2.82. The number of hydrogen-bond donors (Lipinski definition) is 1. The fourth-order valence-corrected chi connectivity index (χ4v) is 3.16. The fraction of sp³-hybridized carbons (Fsp3) is 0.333. The van der Waals surface area contributed by atoms with E-state index in [-0.39, 0.29) is 18.4 Å². The lowest BCUT2D eigenvalue weighted by Crippen LogP contribution is -2.29. The van der Waals surface area contributed by atoms with E-state index in [0.717, 1.165) is 37.1 Å². The van der Waals surface area contributed by atoms with E-state index >= 15 is 0 Å². The third kappa shape index (κ3) is 4.23. The Morgan fingerprint density at radius 1 is 1.08 bits per heavy atom. The van der Waals surface area contributed by atoms with Crippen LogP contribution < -0.4 is 10.1 Å². The first-order valence-corrected chi connectivity index (χ1v) is 8.93. The van der Waals surface area contributed by atoms with Crippen molar-refractivity contribution in [1.29, 1.82) is 0 Å². The number of hydrogen-bond acceptors (Lipinski definition) is 3. The summed E-state index contributed by atoms with van der Waals surface area (Å²) in [5.74, 6) is 0.368. The van der Waals surface area contributed by atoms with Gasteiger partial charge < -0.3 is 15.0 Å². The third-order valence-corrected chi connectivity index (χ3v) is 4.51. The summed E-state index contributed by atoms with van der Waals surface area (Å²) in [7, 11) is 0. The summed E-state index contributed by atoms with van der Waals surface area (Å²) in [4.78, 5) is 26.8. The number of rotatable bonds is 5. The van der Waals surface area contributed by atoms with E-state index in [0.29, 0.717) is 17.0 Å². The van der Waals surface area contributed by atoms with Crippen LogP contribution in [0.25, 0.3) is 0 Å². The normalized spacial score (nSPS) is 13.5. The summed E-state index contributed by atoms with van der Waals surface area (Å²) in [6.45, 7) is 5.41. The molecule has 0 atom stereocenters. The quantitative estimate of drug-likeness (QED) is 0.895. The molecule has 26 heavy (non-hydrogen) atoms. The van der Waals surface area contributed by atoms with Gasteiger partial charge >= 0.3 is 0 Å². The van der Waals surface area contributed by atoms with Gasteiger partial charge in [0, 0.05) is 13.1 Å². The van der Waals surface area contributed by atoms with E-state index in [1.807, 2.05) is 43.0 Å². The van der Waals surface area contributed by atoms with Crippen LogP contribution in [0, 0.1) is 13.8 Å². The van der Waals surface area contributed by atoms with Gasteiger partial charge in [0.25, 0.3) is 11.8 Å². The molecule has 0 spiro atoms. The van der Waals surface area contributed by atoms with Crippen LogP contribution in [-0.4, -0.2) is 36.4 Å². The smallest absolute Gasteiger partial charge is 0.262 e. The lowest BCUT2D eigenvalue weighted by atomic mass is 10.1. The van der Waals surface area contributed by atoms with Crippen molar-refractivity contribution >= 4 is 17.5 Å². The largest absolute Gasteiger partial charge is 0.483 e. The summed E-state index contributed by atoms with van der Waals surface area (Å²) in [6.07, 6.45) is 2.06. The zero-order valence-electron chi connectivity index (χ0n) is 15.2. The number of carbonyl (C=O) groups is 2. The molecule has 3 rings (SSSR count). The molecule has 1 aliphatic heterocycles. The molecule has 2 aromatic rings. The molecule has 0 aliphatic carbocycles. The molecule has 1 heterocycles. The first kappa shape index (κ1) is 18.0. The highest BCUT2D eigenvalue weighted by atomic mass is 16.5. The van der Waals surface area contributed by atoms with E-state index in [2.05, 4.69) is 5.32 Å². The number of carbonyl (C=O) groups excluding carboxylic acids is 2. The van der Waals surface area contributed by atoms with E-state index < -0.39 is 0 Å². The monoisotopic (exact) mass is 352 g/mol. The Morgan fingerprint density at radius 3 is 2.54 bits per heavy atom. The van der Waals surface area contributed by atoms with Crippen LogP contribution in [0.1, 0.15) is 34.3 Å². The van der Waals surface area contributed by atoms with E-state index in [1.165, 1.54) is 0 Å². The predicted molar refractivity (Wildman–Crippen MR) is 102 cm³/mol. The van der Waals surface area contributed by atoms with Crippen molar-refractivity contribution in [3.8, 4) is 5.75 Å². The average Bonchev–Trinajstić information content (AvgIpc) is 3.15. The van der Waals surface area contributed by atoms with Crippen LogP contribution >= 0.6 is 0 Å². The lowest BCUT2D eigenvalue weighted by Gasteiger charge is -2.18. The maximum atomic E-state index is 12.6. The average molecular weight is 352 g/mol. The second-order valence-electron chi connectivity index (χ2n) is 6.65. The lowest BCUT2D eigenvalue weighted by molar-refractivity contribution is -0.118. The van der Waals surface area contributed by atoms with Crippen LogP contribution in [0.15, 0.2) is 42.5 Å². The molecule has 2 amide bonds. The van der Waals surface area contributed by atoms with Gasteiger partial charge in [0.15, 0.2) is 6.61 Å². The minimum atomic E-state index is -0.286. The van der Waals surface area contributed by atoms with Crippen molar-refractivity contribution in [2.24, 2.45) is 0 Å². The molecular weight excluding hydrogens is 328 g/mol. The molecule has 0 radical (unpaired) electrons. The van der Waals surface area contributed by atoms with Gasteiger partial charge in [0.1, 0.15) is 5.75 Å². The molecule has 1 saturated heterocycles. The van der Waals surface area contributed by atoms with Gasteiger partial charge in [0.2, 0.25) is 0 Å². The summed E-state index contributed by atoms with van der Waals surface area (Å²) in [5.41, 5.74) is 3.18. The molecule has 1 N–H and O–H groups in total. The minimum absolute atomic E-state index is 0.0336. The fourth-order valence-electron chi connectivity index (χ4n) is 3.16. The van der Waals surface area contributed by atoms with Gasteiger partial charge in [-0.15, -0.1) is 0 Å². The molecule has 0 saturated carbocycles. The summed E-state index contributed by atoms with van der Waals surface area (Å²) in [5, 5.41) is 2.80. The Labute approximate surface area is 154 Å². The predicted octanol–water partition coefficient (Wildman–Crippen LogP) is 3.56. The molecule has 1 fully saturated rings. The Bertz CT molecular complexity index is 811. The van der Waals surface area contributed by atoms with Gasteiger partial charge in [-0.2, -0.15) is 0 Å². The summed E-state index contributed by atoms with van der Waals surface area (Å²) < 4.78 is 5.62. The number of aryl methyl sites for hydroxylation is 2. The minimum Gasteiger partial charge on any atom is -0.483 e. The molecule has 5 nitrogen and oxygen atoms in total. The van der Waals surface area contributed by atoms with Crippen molar-refractivity contribution < 1.29 is 14.3 Å². The van der Waals surface area contributed by atoms with Crippen molar-refractivity contribution in [3.05, 3.63) is 59.2 Å². The summed E-state index contributed by atoms with van der Waals surface area (Å²) in [6, 6.07) is 12.9. The van der Waals surface area contributed by atoms with Crippen LogP contribution in [0.5, 0.6) is 5.75 Å².